The first-order valence-corrected chi connectivity index (χ1v) is 8.53. The summed E-state index contributed by atoms with van der Waals surface area (Å²) < 4.78 is 38.6. The van der Waals surface area contributed by atoms with Gasteiger partial charge in [-0.1, -0.05) is 0 Å². The number of fused-ring (bicyclic) bond motifs is 2. The largest absolute Gasteiger partial charge is 0.493 e. The summed E-state index contributed by atoms with van der Waals surface area (Å²) in [6, 6.07) is 2.07. The van der Waals surface area contributed by atoms with Crippen molar-refractivity contribution < 1.29 is 17.9 Å². The van der Waals surface area contributed by atoms with Gasteiger partial charge in [0.05, 0.1) is 13.2 Å². The molecule has 0 atom stereocenters. The monoisotopic (exact) mass is 312 g/mol. The van der Waals surface area contributed by atoms with E-state index in [1.54, 1.807) is 0 Å². The number of rotatable bonds is 5. The van der Waals surface area contributed by atoms with Crippen LogP contribution >= 0.6 is 0 Å². The molecule has 2 heterocycles. The van der Waals surface area contributed by atoms with Gasteiger partial charge in [-0.15, -0.1) is 0 Å². The topological polar surface area (TPSA) is 67.9 Å². The summed E-state index contributed by atoms with van der Waals surface area (Å²) >= 11 is 0. The second kappa shape index (κ2) is 5.47. The van der Waals surface area contributed by atoms with Crippen molar-refractivity contribution in [3.8, 4) is 11.5 Å². The Hall–Kier alpha value is -1.31. The van der Waals surface area contributed by atoms with Crippen LogP contribution in [0.5, 0.6) is 11.5 Å². The van der Waals surface area contributed by atoms with E-state index in [1.165, 1.54) is 29.5 Å². The Morgan fingerprint density at radius 1 is 1.24 bits per heavy atom. The van der Waals surface area contributed by atoms with Crippen LogP contribution in [0.25, 0.3) is 0 Å². The molecule has 0 aliphatic carbocycles. The summed E-state index contributed by atoms with van der Waals surface area (Å²) in [5, 5.41) is 0. The molecule has 1 N–H and O–H groups in total. The molecule has 116 valence electrons. The molecule has 7 heteroatoms. The Morgan fingerprint density at radius 2 is 2.00 bits per heavy atom. The maximum Gasteiger partial charge on any atom is 0.278 e. The minimum absolute atomic E-state index is 0.354. The van der Waals surface area contributed by atoms with E-state index in [0.717, 1.165) is 29.9 Å². The highest BCUT2D eigenvalue weighted by Crippen LogP contribution is 2.40. The second-order valence-corrected chi connectivity index (χ2v) is 7.42. The van der Waals surface area contributed by atoms with Crippen LogP contribution in [-0.4, -0.2) is 46.6 Å². The summed E-state index contributed by atoms with van der Waals surface area (Å²) in [6.07, 6.45) is 2.37. The number of nitrogens with one attached hydrogen (secondary N) is 1. The lowest BCUT2D eigenvalue weighted by molar-refractivity contribution is 0.353. The zero-order valence-corrected chi connectivity index (χ0v) is 13.1. The predicted octanol–water partition coefficient (Wildman–Crippen LogP) is 0.495. The summed E-state index contributed by atoms with van der Waals surface area (Å²) in [7, 11) is -0.363. The molecular formula is C14H20N2O4S. The molecule has 0 radical (unpaired) electrons. The van der Waals surface area contributed by atoms with Crippen LogP contribution in [0.2, 0.25) is 0 Å². The molecule has 0 spiro atoms. The number of hydrogen-bond acceptors (Lipinski definition) is 4. The molecule has 0 fully saturated rings. The quantitative estimate of drug-likeness (QED) is 0.859. The maximum absolute atomic E-state index is 11.7. The number of hydrogen-bond donors (Lipinski definition) is 1. The Kier molecular flexibility index (Phi) is 3.81. The Bertz CT molecular complexity index is 623. The molecule has 0 unspecified atom stereocenters. The normalized spacial score (nSPS) is 16.5. The van der Waals surface area contributed by atoms with Gasteiger partial charge in [-0.25, -0.2) is 4.72 Å². The molecule has 1 aromatic carbocycles. The van der Waals surface area contributed by atoms with Crippen molar-refractivity contribution >= 4 is 10.2 Å². The van der Waals surface area contributed by atoms with Crippen molar-refractivity contribution in [1.29, 1.82) is 0 Å². The van der Waals surface area contributed by atoms with Crippen LogP contribution in [0.4, 0.5) is 0 Å². The fraction of sp³-hybridized carbons (Fsp3) is 0.571. The van der Waals surface area contributed by atoms with Crippen LogP contribution in [0, 0.1) is 0 Å². The van der Waals surface area contributed by atoms with E-state index in [4.69, 9.17) is 9.47 Å². The van der Waals surface area contributed by atoms with Crippen molar-refractivity contribution in [3.63, 3.8) is 0 Å². The van der Waals surface area contributed by atoms with E-state index < -0.39 is 10.2 Å². The first-order chi connectivity index (χ1) is 9.99. The maximum atomic E-state index is 11.7. The minimum atomic E-state index is -3.39. The first-order valence-electron chi connectivity index (χ1n) is 7.09. The SMILES string of the molecule is CN(C)S(=O)(=O)NCCc1c2c(cc3c1OCC3)OCC2. The predicted molar refractivity (Wildman–Crippen MR) is 79.2 cm³/mol. The van der Waals surface area contributed by atoms with E-state index in [9.17, 15) is 8.42 Å². The fourth-order valence-electron chi connectivity index (χ4n) is 2.78. The van der Waals surface area contributed by atoms with Crippen LogP contribution in [-0.2, 0) is 29.5 Å². The zero-order chi connectivity index (χ0) is 15.0. The van der Waals surface area contributed by atoms with E-state index in [1.807, 2.05) is 0 Å². The molecule has 0 saturated heterocycles. The Labute approximate surface area is 125 Å². The van der Waals surface area contributed by atoms with Crippen molar-refractivity contribution in [2.24, 2.45) is 0 Å². The van der Waals surface area contributed by atoms with Gasteiger partial charge in [0.15, 0.2) is 0 Å². The summed E-state index contributed by atoms with van der Waals surface area (Å²) in [5.74, 6) is 1.87. The van der Waals surface area contributed by atoms with E-state index in [2.05, 4.69) is 10.8 Å². The molecule has 6 nitrogen and oxygen atoms in total. The van der Waals surface area contributed by atoms with Gasteiger partial charge in [0.2, 0.25) is 0 Å². The average Bonchev–Trinajstić information content (AvgIpc) is 3.05. The van der Waals surface area contributed by atoms with Crippen molar-refractivity contribution in [2.75, 3.05) is 33.9 Å². The molecule has 0 amide bonds. The summed E-state index contributed by atoms with van der Waals surface area (Å²) in [5.41, 5.74) is 3.43. The third-order valence-electron chi connectivity index (χ3n) is 3.90. The molecule has 2 aliphatic heterocycles. The minimum Gasteiger partial charge on any atom is -0.493 e. The van der Waals surface area contributed by atoms with Crippen LogP contribution in [0.15, 0.2) is 6.07 Å². The fourth-order valence-corrected chi connectivity index (χ4v) is 3.40. The average molecular weight is 312 g/mol. The van der Waals surface area contributed by atoms with Gasteiger partial charge in [0.25, 0.3) is 10.2 Å². The smallest absolute Gasteiger partial charge is 0.278 e. The van der Waals surface area contributed by atoms with Crippen molar-refractivity contribution in [1.82, 2.24) is 9.03 Å². The highest BCUT2D eigenvalue weighted by Gasteiger charge is 2.26. The molecule has 0 bridgehead atoms. The Balaban J connectivity index is 1.80. The third-order valence-corrected chi connectivity index (χ3v) is 5.43. The standard InChI is InChI=1S/C14H20N2O4S/c1-16(2)21(17,18)15-6-3-12-11-5-8-19-13(11)9-10-4-7-20-14(10)12/h9,15H,3-8H2,1-2H3. The van der Waals surface area contributed by atoms with E-state index >= 15 is 0 Å². The van der Waals surface area contributed by atoms with Gasteiger partial charge < -0.3 is 9.47 Å². The van der Waals surface area contributed by atoms with Gasteiger partial charge in [-0.3, -0.25) is 0 Å². The van der Waals surface area contributed by atoms with Crippen LogP contribution < -0.4 is 14.2 Å². The van der Waals surface area contributed by atoms with Crippen molar-refractivity contribution in [2.45, 2.75) is 19.3 Å². The van der Waals surface area contributed by atoms with Gasteiger partial charge in [0, 0.05) is 50.2 Å². The van der Waals surface area contributed by atoms with Crippen molar-refractivity contribution in [3.05, 3.63) is 22.8 Å². The lowest BCUT2D eigenvalue weighted by Crippen LogP contribution is -2.36. The highest BCUT2D eigenvalue weighted by molar-refractivity contribution is 7.87. The van der Waals surface area contributed by atoms with Gasteiger partial charge in [0.1, 0.15) is 11.5 Å². The molecular weight excluding hydrogens is 292 g/mol. The summed E-state index contributed by atoms with van der Waals surface area (Å²) in [6.45, 7) is 1.73. The lowest BCUT2D eigenvalue weighted by Gasteiger charge is -2.15. The lowest BCUT2D eigenvalue weighted by atomic mass is 9.97. The number of ether oxygens (including phenoxy) is 2. The van der Waals surface area contributed by atoms with Crippen LogP contribution in [0.1, 0.15) is 16.7 Å². The van der Waals surface area contributed by atoms with Crippen LogP contribution in [0.3, 0.4) is 0 Å². The van der Waals surface area contributed by atoms with Gasteiger partial charge in [-0.2, -0.15) is 12.7 Å². The Morgan fingerprint density at radius 3 is 2.76 bits per heavy atom. The molecule has 0 aromatic heterocycles. The van der Waals surface area contributed by atoms with Gasteiger partial charge >= 0.3 is 0 Å². The molecule has 21 heavy (non-hydrogen) atoms. The van der Waals surface area contributed by atoms with E-state index in [0.29, 0.717) is 26.2 Å². The molecule has 0 saturated carbocycles. The highest BCUT2D eigenvalue weighted by atomic mass is 32.2. The number of benzene rings is 1. The van der Waals surface area contributed by atoms with Gasteiger partial charge in [-0.05, 0) is 12.5 Å². The molecule has 1 aromatic rings. The first kappa shape index (κ1) is 14.6. The summed E-state index contributed by atoms with van der Waals surface area (Å²) in [4.78, 5) is 0. The molecule has 3 rings (SSSR count). The third kappa shape index (κ3) is 2.73. The van der Waals surface area contributed by atoms with E-state index in [-0.39, 0.29) is 0 Å². The molecule has 2 aliphatic rings. The second-order valence-electron chi connectivity index (χ2n) is 5.45. The number of nitrogens with zero attached hydrogens (tertiary/aromatic N) is 1. The zero-order valence-electron chi connectivity index (χ0n) is 12.3.